The number of hydrogen-bond acceptors (Lipinski definition) is 1. The standard InChI is InChI=1S/C8H6FO2/c9-8-2-1-6(4-10)3-7(8)5-11/h1-4H,5H2. The molecule has 0 saturated heterocycles. The number of rotatable bonds is 2. The van der Waals surface area contributed by atoms with Crippen molar-refractivity contribution in [1.29, 1.82) is 0 Å². The predicted molar refractivity (Wildman–Crippen MR) is 36.2 cm³/mol. The lowest BCUT2D eigenvalue weighted by atomic mass is 10.1. The van der Waals surface area contributed by atoms with Crippen molar-refractivity contribution in [2.45, 2.75) is 6.61 Å². The Morgan fingerprint density at radius 1 is 1.45 bits per heavy atom. The molecule has 11 heavy (non-hydrogen) atoms. The summed E-state index contributed by atoms with van der Waals surface area (Å²) in [4.78, 5) is 10.2. The molecule has 0 aliphatic heterocycles. The van der Waals surface area contributed by atoms with Gasteiger partial charge in [0.25, 0.3) is 0 Å². The Morgan fingerprint density at radius 3 is 2.73 bits per heavy atom. The lowest BCUT2D eigenvalue weighted by Gasteiger charge is -1.96. The van der Waals surface area contributed by atoms with Crippen LogP contribution in [0.25, 0.3) is 0 Å². The zero-order valence-corrected chi connectivity index (χ0v) is 5.71. The highest BCUT2D eigenvalue weighted by Gasteiger charge is 2.01. The lowest BCUT2D eigenvalue weighted by molar-refractivity contribution is 0.112. The summed E-state index contributed by atoms with van der Waals surface area (Å²) < 4.78 is 12.6. The van der Waals surface area contributed by atoms with E-state index in [1.165, 1.54) is 12.1 Å². The largest absolute Gasteiger partial charge is 0.298 e. The highest BCUT2D eigenvalue weighted by Crippen LogP contribution is 2.08. The van der Waals surface area contributed by atoms with E-state index in [-0.39, 0.29) is 5.56 Å². The van der Waals surface area contributed by atoms with Crippen molar-refractivity contribution in [2.24, 2.45) is 0 Å². The van der Waals surface area contributed by atoms with Gasteiger partial charge in [-0.1, -0.05) is 0 Å². The van der Waals surface area contributed by atoms with Crippen molar-refractivity contribution in [2.75, 3.05) is 0 Å². The Hall–Kier alpha value is -1.22. The molecule has 0 unspecified atom stereocenters. The fraction of sp³-hybridized carbons (Fsp3) is 0.125. The minimum atomic E-state index is -0.631. The lowest BCUT2D eigenvalue weighted by Crippen LogP contribution is -1.90. The summed E-state index contributed by atoms with van der Waals surface area (Å²) in [7, 11) is 0. The normalized spacial score (nSPS) is 9.64. The van der Waals surface area contributed by atoms with E-state index in [9.17, 15) is 14.3 Å². The van der Waals surface area contributed by atoms with Crippen LogP contribution in [0.15, 0.2) is 18.2 Å². The molecule has 0 spiro atoms. The molecule has 0 atom stereocenters. The van der Waals surface area contributed by atoms with Gasteiger partial charge >= 0.3 is 0 Å². The summed E-state index contributed by atoms with van der Waals surface area (Å²) in [5.74, 6) is -0.550. The summed E-state index contributed by atoms with van der Waals surface area (Å²) in [5.41, 5.74) is 0.367. The molecule has 0 heterocycles. The fourth-order valence-electron chi connectivity index (χ4n) is 0.779. The third-order valence-electron chi connectivity index (χ3n) is 1.36. The molecule has 0 amide bonds. The van der Waals surface area contributed by atoms with Gasteiger partial charge in [0.15, 0.2) is 0 Å². The van der Waals surface area contributed by atoms with Gasteiger partial charge in [-0.15, -0.1) is 0 Å². The first-order valence-corrected chi connectivity index (χ1v) is 3.09. The third-order valence-corrected chi connectivity index (χ3v) is 1.36. The Kier molecular flexibility index (Phi) is 2.33. The van der Waals surface area contributed by atoms with Crippen molar-refractivity contribution in [3.05, 3.63) is 35.1 Å². The molecule has 57 valence electrons. The van der Waals surface area contributed by atoms with E-state index in [4.69, 9.17) is 0 Å². The van der Waals surface area contributed by atoms with Gasteiger partial charge in [-0.25, -0.2) is 9.50 Å². The van der Waals surface area contributed by atoms with Gasteiger partial charge in [0.1, 0.15) is 18.7 Å². The highest BCUT2D eigenvalue weighted by molar-refractivity contribution is 5.74. The average Bonchev–Trinajstić information content (AvgIpc) is 2.05. The minimum Gasteiger partial charge on any atom is -0.298 e. The molecule has 0 aliphatic carbocycles. The molecule has 2 nitrogen and oxygen atoms in total. The molecule has 0 N–H and O–H groups in total. The van der Waals surface area contributed by atoms with Gasteiger partial charge in [0.05, 0.1) is 0 Å². The molecule has 0 saturated carbocycles. The first kappa shape index (κ1) is 7.88. The van der Waals surface area contributed by atoms with Crippen LogP contribution in [0.2, 0.25) is 0 Å². The van der Waals surface area contributed by atoms with Crippen molar-refractivity contribution in [1.82, 2.24) is 0 Å². The predicted octanol–water partition coefficient (Wildman–Crippen LogP) is 1.57. The van der Waals surface area contributed by atoms with Crippen LogP contribution in [-0.4, -0.2) is 6.29 Å². The number of hydrogen-bond donors (Lipinski definition) is 0. The van der Waals surface area contributed by atoms with Gasteiger partial charge < -0.3 is 0 Å². The van der Waals surface area contributed by atoms with Crippen LogP contribution in [0.5, 0.6) is 0 Å². The Morgan fingerprint density at radius 2 is 2.18 bits per heavy atom. The third kappa shape index (κ3) is 1.62. The van der Waals surface area contributed by atoms with Crippen LogP contribution in [-0.2, 0) is 11.7 Å². The van der Waals surface area contributed by atoms with Crippen LogP contribution >= 0.6 is 0 Å². The van der Waals surface area contributed by atoms with E-state index in [2.05, 4.69) is 0 Å². The molecule has 0 fully saturated rings. The second-order valence-electron chi connectivity index (χ2n) is 2.11. The SMILES string of the molecule is [O]Cc1cc(C=O)ccc1F. The molecule has 1 radical (unpaired) electrons. The van der Waals surface area contributed by atoms with Crippen molar-refractivity contribution in [3.8, 4) is 0 Å². The zero-order valence-electron chi connectivity index (χ0n) is 5.71. The molecule has 3 heteroatoms. The van der Waals surface area contributed by atoms with Crippen molar-refractivity contribution >= 4 is 6.29 Å². The average molecular weight is 153 g/mol. The van der Waals surface area contributed by atoms with E-state index in [1.807, 2.05) is 0 Å². The number of benzene rings is 1. The van der Waals surface area contributed by atoms with Gasteiger partial charge in [-0.05, 0) is 18.2 Å². The Labute approximate surface area is 63.3 Å². The number of halogens is 1. The number of carbonyl (C=O) groups is 1. The molecular formula is C8H6FO2. The summed E-state index contributed by atoms with van der Waals surface area (Å²) in [6, 6.07) is 3.72. The molecular weight excluding hydrogens is 147 g/mol. The van der Waals surface area contributed by atoms with Gasteiger partial charge in [0.2, 0.25) is 0 Å². The smallest absolute Gasteiger partial charge is 0.150 e. The van der Waals surface area contributed by atoms with E-state index >= 15 is 0 Å². The molecule has 1 rings (SSSR count). The molecule has 1 aromatic rings. The van der Waals surface area contributed by atoms with Crippen molar-refractivity contribution in [3.63, 3.8) is 0 Å². The molecule has 1 aromatic carbocycles. The maximum Gasteiger partial charge on any atom is 0.150 e. The number of carbonyl (C=O) groups excluding carboxylic acids is 1. The minimum absolute atomic E-state index is 0.0367. The summed E-state index contributed by atoms with van der Waals surface area (Å²) in [6.07, 6.45) is 0.582. The van der Waals surface area contributed by atoms with Crippen LogP contribution in [0.1, 0.15) is 15.9 Å². The van der Waals surface area contributed by atoms with Crippen LogP contribution in [0.4, 0.5) is 4.39 Å². The zero-order chi connectivity index (χ0) is 8.27. The summed E-state index contributed by atoms with van der Waals surface area (Å²) in [5, 5.41) is 10.3. The van der Waals surface area contributed by atoms with Gasteiger partial charge in [0, 0.05) is 11.1 Å². The highest BCUT2D eigenvalue weighted by atomic mass is 19.1. The van der Waals surface area contributed by atoms with Crippen LogP contribution < -0.4 is 0 Å². The maximum atomic E-state index is 12.6. The first-order chi connectivity index (χ1) is 5.27. The van der Waals surface area contributed by atoms with Crippen LogP contribution in [0, 0.1) is 5.82 Å². The van der Waals surface area contributed by atoms with E-state index < -0.39 is 12.4 Å². The van der Waals surface area contributed by atoms with Gasteiger partial charge in [-0.3, -0.25) is 4.79 Å². The maximum absolute atomic E-state index is 12.6. The summed E-state index contributed by atoms with van der Waals surface area (Å²) >= 11 is 0. The fourth-order valence-corrected chi connectivity index (χ4v) is 0.779. The molecule has 0 aromatic heterocycles. The second-order valence-corrected chi connectivity index (χ2v) is 2.11. The van der Waals surface area contributed by atoms with Crippen molar-refractivity contribution < 1.29 is 14.3 Å². The van der Waals surface area contributed by atoms with E-state index in [1.54, 1.807) is 0 Å². The Balaban J connectivity index is 3.12. The second kappa shape index (κ2) is 3.25. The molecule has 0 aliphatic rings. The van der Waals surface area contributed by atoms with E-state index in [0.717, 1.165) is 6.07 Å². The number of aldehydes is 1. The monoisotopic (exact) mass is 153 g/mol. The Bertz CT molecular complexity index is 271. The van der Waals surface area contributed by atoms with E-state index in [0.29, 0.717) is 11.8 Å². The molecule has 0 bridgehead atoms. The van der Waals surface area contributed by atoms with Crippen LogP contribution in [0.3, 0.4) is 0 Å². The topological polar surface area (TPSA) is 37.0 Å². The van der Waals surface area contributed by atoms with Gasteiger partial charge in [-0.2, -0.15) is 0 Å². The summed E-state index contributed by atoms with van der Waals surface area (Å²) in [6.45, 7) is -0.631. The first-order valence-electron chi connectivity index (χ1n) is 3.09. The quantitative estimate of drug-likeness (QED) is 0.594.